The molecule has 5 nitrogen and oxygen atoms in total. The largest absolute Gasteiger partial charge is 0.464 e. The number of rotatable bonds is 4. The highest BCUT2D eigenvalue weighted by atomic mass is 32.1. The van der Waals surface area contributed by atoms with Crippen molar-refractivity contribution in [1.29, 1.82) is 0 Å². The Bertz CT molecular complexity index is 655. The molecule has 0 bridgehead atoms. The van der Waals surface area contributed by atoms with Crippen LogP contribution in [0.15, 0.2) is 24.4 Å². The molecule has 0 atom stereocenters. The second kappa shape index (κ2) is 5.09. The lowest BCUT2D eigenvalue weighted by molar-refractivity contribution is 0.197. The SMILES string of the molecule is O=C(O)NNc1cnc(-c2cccc(C3CC3)c2F)s1. The second-order valence-corrected chi connectivity index (χ2v) is 5.60. The van der Waals surface area contributed by atoms with Crippen molar-refractivity contribution in [2.75, 3.05) is 5.43 Å². The predicted octanol–water partition coefficient (Wildman–Crippen LogP) is 3.42. The monoisotopic (exact) mass is 293 g/mol. The molecule has 0 radical (unpaired) electrons. The lowest BCUT2D eigenvalue weighted by Crippen LogP contribution is -2.26. The standard InChI is InChI=1S/C13H12FN3O2S/c14-11-8(7-4-5-7)2-1-3-9(11)12-15-6-10(20-12)16-17-13(18)19/h1-3,6-7,16-17H,4-5H2,(H,18,19). The van der Waals surface area contributed by atoms with E-state index in [9.17, 15) is 9.18 Å². The summed E-state index contributed by atoms with van der Waals surface area (Å²) < 4.78 is 14.4. The highest BCUT2D eigenvalue weighted by molar-refractivity contribution is 7.18. The van der Waals surface area contributed by atoms with E-state index in [1.807, 2.05) is 17.6 Å². The molecule has 0 aliphatic heterocycles. The number of carbonyl (C=O) groups is 1. The first-order chi connectivity index (χ1) is 9.65. The van der Waals surface area contributed by atoms with Gasteiger partial charge in [-0.25, -0.2) is 19.6 Å². The van der Waals surface area contributed by atoms with E-state index in [0.717, 1.165) is 18.4 Å². The van der Waals surface area contributed by atoms with E-state index in [1.165, 1.54) is 17.5 Å². The third-order valence-electron chi connectivity index (χ3n) is 3.07. The molecule has 7 heteroatoms. The third kappa shape index (κ3) is 2.57. The molecule has 20 heavy (non-hydrogen) atoms. The molecule has 0 spiro atoms. The van der Waals surface area contributed by atoms with Gasteiger partial charge in [0.1, 0.15) is 15.8 Å². The van der Waals surface area contributed by atoms with Gasteiger partial charge >= 0.3 is 6.09 Å². The zero-order valence-corrected chi connectivity index (χ0v) is 11.2. The molecule has 1 amide bonds. The predicted molar refractivity (Wildman–Crippen MR) is 74.3 cm³/mol. The van der Waals surface area contributed by atoms with E-state index < -0.39 is 6.09 Å². The van der Waals surface area contributed by atoms with Crippen molar-refractivity contribution in [3.05, 3.63) is 35.8 Å². The number of hydrogen-bond donors (Lipinski definition) is 3. The van der Waals surface area contributed by atoms with Gasteiger partial charge in [-0.3, -0.25) is 5.43 Å². The summed E-state index contributed by atoms with van der Waals surface area (Å²) >= 11 is 1.19. The number of hydrazine groups is 1. The van der Waals surface area contributed by atoms with Gasteiger partial charge in [0.2, 0.25) is 0 Å². The first-order valence-electron chi connectivity index (χ1n) is 6.14. The van der Waals surface area contributed by atoms with Gasteiger partial charge in [0.05, 0.1) is 6.20 Å². The number of halogens is 1. The first-order valence-corrected chi connectivity index (χ1v) is 6.96. The fourth-order valence-electron chi connectivity index (χ4n) is 2.00. The van der Waals surface area contributed by atoms with E-state index in [2.05, 4.69) is 10.4 Å². The van der Waals surface area contributed by atoms with Crippen molar-refractivity contribution in [2.24, 2.45) is 0 Å². The molecular weight excluding hydrogens is 281 g/mol. The van der Waals surface area contributed by atoms with Gasteiger partial charge in [0.15, 0.2) is 0 Å². The summed E-state index contributed by atoms with van der Waals surface area (Å²) in [5.74, 6) is 0.114. The quantitative estimate of drug-likeness (QED) is 0.755. The third-order valence-corrected chi connectivity index (χ3v) is 4.02. The first kappa shape index (κ1) is 12.9. The number of thiazole rings is 1. The van der Waals surface area contributed by atoms with Crippen LogP contribution in [0.5, 0.6) is 0 Å². The number of anilines is 1. The molecular formula is C13H12FN3O2S. The van der Waals surface area contributed by atoms with Gasteiger partial charge in [-0.15, -0.1) is 0 Å². The van der Waals surface area contributed by atoms with Crippen molar-refractivity contribution in [1.82, 2.24) is 10.4 Å². The van der Waals surface area contributed by atoms with Crippen LogP contribution in [0.3, 0.4) is 0 Å². The van der Waals surface area contributed by atoms with Crippen LogP contribution in [0, 0.1) is 5.82 Å². The zero-order valence-electron chi connectivity index (χ0n) is 10.4. The number of nitrogens with one attached hydrogen (secondary N) is 2. The molecule has 104 valence electrons. The fraction of sp³-hybridized carbons (Fsp3) is 0.231. The summed E-state index contributed by atoms with van der Waals surface area (Å²) in [5.41, 5.74) is 5.72. The normalized spacial score (nSPS) is 14.1. The van der Waals surface area contributed by atoms with Crippen molar-refractivity contribution >= 4 is 22.4 Å². The van der Waals surface area contributed by atoms with Crippen LogP contribution in [-0.4, -0.2) is 16.2 Å². The zero-order chi connectivity index (χ0) is 14.1. The lowest BCUT2D eigenvalue weighted by Gasteiger charge is -2.05. The molecule has 1 aromatic heterocycles. The molecule has 0 saturated heterocycles. The number of nitrogens with zero attached hydrogens (tertiary/aromatic N) is 1. The van der Waals surface area contributed by atoms with Gasteiger partial charge in [-0.2, -0.15) is 0 Å². The van der Waals surface area contributed by atoms with Crippen LogP contribution in [0.4, 0.5) is 14.2 Å². The van der Waals surface area contributed by atoms with E-state index >= 15 is 0 Å². The minimum atomic E-state index is -1.19. The Hall–Kier alpha value is -2.15. The summed E-state index contributed by atoms with van der Waals surface area (Å²) in [6.45, 7) is 0. The fourth-order valence-corrected chi connectivity index (χ4v) is 2.78. The van der Waals surface area contributed by atoms with Crippen LogP contribution in [0.1, 0.15) is 24.3 Å². The Morgan fingerprint density at radius 3 is 2.95 bits per heavy atom. The van der Waals surface area contributed by atoms with Gasteiger partial charge in [-0.05, 0) is 30.4 Å². The summed E-state index contributed by atoms with van der Waals surface area (Å²) in [4.78, 5) is 14.5. The highest BCUT2D eigenvalue weighted by Gasteiger charge is 2.28. The van der Waals surface area contributed by atoms with Crippen molar-refractivity contribution in [3.8, 4) is 10.6 Å². The molecule has 1 heterocycles. The molecule has 3 N–H and O–H groups in total. The van der Waals surface area contributed by atoms with Crippen LogP contribution >= 0.6 is 11.3 Å². The number of carboxylic acid groups (broad SMARTS) is 1. The van der Waals surface area contributed by atoms with Crippen LogP contribution < -0.4 is 10.9 Å². The highest BCUT2D eigenvalue weighted by Crippen LogP contribution is 2.43. The lowest BCUT2D eigenvalue weighted by atomic mass is 10.1. The Kier molecular flexibility index (Phi) is 3.27. The molecule has 0 unspecified atom stereocenters. The van der Waals surface area contributed by atoms with E-state index in [1.54, 1.807) is 6.07 Å². The minimum absolute atomic E-state index is 0.220. The van der Waals surface area contributed by atoms with Crippen molar-refractivity contribution in [3.63, 3.8) is 0 Å². The van der Waals surface area contributed by atoms with Crippen LogP contribution in [0.25, 0.3) is 10.6 Å². The Labute approximate surface area is 118 Å². The van der Waals surface area contributed by atoms with E-state index in [4.69, 9.17) is 5.11 Å². The maximum absolute atomic E-state index is 14.4. The second-order valence-electron chi connectivity index (χ2n) is 4.57. The molecule has 1 aromatic carbocycles. The van der Waals surface area contributed by atoms with Gasteiger partial charge in [-0.1, -0.05) is 23.5 Å². The Balaban J connectivity index is 1.85. The van der Waals surface area contributed by atoms with Gasteiger partial charge in [0, 0.05) is 5.56 Å². The minimum Gasteiger partial charge on any atom is -0.464 e. The average molecular weight is 293 g/mol. The van der Waals surface area contributed by atoms with Crippen LogP contribution in [-0.2, 0) is 0 Å². The number of benzene rings is 1. The van der Waals surface area contributed by atoms with Crippen molar-refractivity contribution < 1.29 is 14.3 Å². The van der Waals surface area contributed by atoms with Gasteiger partial charge < -0.3 is 5.11 Å². The molecule has 1 fully saturated rings. The Morgan fingerprint density at radius 1 is 1.45 bits per heavy atom. The molecule has 1 aliphatic rings. The van der Waals surface area contributed by atoms with E-state index in [-0.39, 0.29) is 5.82 Å². The molecule has 3 rings (SSSR count). The molecule has 2 aromatic rings. The topological polar surface area (TPSA) is 74.2 Å². The van der Waals surface area contributed by atoms with Gasteiger partial charge in [0.25, 0.3) is 0 Å². The van der Waals surface area contributed by atoms with E-state index in [0.29, 0.717) is 21.5 Å². The maximum Gasteiger partial charge on any atom is 0.423 e. The smallest absolute Gasteiger partial charge is 0.423 e. The summed E-state index contributed by atoms with van der Waals surface area (Å²) in [6.07, 6.45) is 2.35. The van der Waals surface area contributed by atoms with Crippen LogP contribution in [0.2, 0.25) is 0 Å². The number of hydrogen-bond acceptors (Lipinski definition) is 4. The average Bonchev–Trinajstić information content (AvgIpc) is 3.15. The molecule has 1 aliphatic carbocycles. The molecule has 1 saturated carbocycles. The van der Waals surface area contributed by atoms with Crippen molar-refractivity contribution in [2.45, 2.75) is 18.8 Å². The summed E-state index contributed by atoms with van der Waals surface area (Å²) in [7, 11) is 0. The summed E-state index contributed by atoms with van der Waals surface area (Å²) in [6, 6.07) is 5.33. The maximum atomic E-state index is 14.4. The number of aromatic nitrogens is 1. The summed E-state index contributed by atoms with van der Waals surface area (Å²) in [5, 5.41) is 9.54. The Morgan fingerprint density at radius 2 is 2.25 bits per heavy atom. The number of amides is 1.